The van der Waals surface area contributed by atoms with Crippen molar-refractivity contribution in [1.29, 1.82) is 0 Å². The predicted molar refractivity (Wildman–Crippen MR) is 82.9 cm³/mol. The lowest BCUT2D eigenvalue weighted by Gasteiger charge is -2.15. The predicted octanol–water partition coefficient (Wildman–Crippen LogP) is 2.99. The number of likely N-dealkylation sites (N-methyl/N-ethyl adjacent to an activating group) is 1. The summed E-state index contributed by atoms with van der Waals surface area (Å²) in [7, 11) is 3.93. The van der Waals surface area contributed by atoms with Crippen molar-refractivity contribution in [3.05, 3.63) is 54.1 Å². The van der Waals surface area contributed by atoms with Gasteiger partial charge in [-0.1, -0.05) is 30.3 Å². The Balaban J connectivity index is 2.32. The molecular weight excluding hydrogens is 266 g/mol. The number of carboxylic acids is 1. The first-order valence-corrected chi connectivity index (χ1v) is 6.78. The van der Waals surface area contributed by atoms with Gasteiger partial charge in [0.2, 0.25) is 0 Å². The van der Waals surface area contributed by atoms with Crippen LogP contribution in [0.5, 0.6) is 5.75 Å². The number of nitrogens with zero attached hydrogens (tertiary/aromatic N) is 1. The molecule has 0 atom stereocenters. The number of aromatic carboxylic acids is 1. The second kappa shape index (κ2) is 6.90. The Morgan fingerprint density at radius 2 is 1.86 bits per heavy atom. The molecule has 2 aromatic carbocycles. The van der Waals surface area contributed by atoms with Gasteiger partial charge in [0, 0.05) is 12.1 Å². The highest BCUT2D eigenvalue weighted by Crippen LogP contribution is 2.31. The summed E-state index contributed by atoms with van der Waals surface area (Å²) in [5.74, 6) is -0.352. The van der Waals surface area contributed by atoms with Crippen LogP contribution < -0.4 is 4.74 Å². The maximum atomic E-state index is 11.1. The third-order valence-electron chi connectivity index (χ3n) is 3.11. The van der Waals surface area contributed by atoms with Gasteiger partial charge in [0.05, 0.1) is 5.56 Å². The van der Waals surface area contributed by atoms with E-state index in [0.717, 1.165) is 17.7 Å². The van der Waals surface area contributed by atoms with Gasteiger partial charge in [-0.3, -0.25) is 0 Å². The van der Waals surface area contributed by atoms with Crippen molar-refractivity contribution in [1.82, 2.24) is 4.90 Å². The Bertz CT molecular complexity index is 609. The fraction of sp³-hybridized carbons (Fsp3) is 0.235. The zero-order valence-electron chi connectivity index (χ0n) is 12.2. The summed E-state index contributed by atoms with van der Waals surface area (Å²) in [5.41, 5.74) is 2.14. The Morgan fingerprint density at radius 1 is 1.14 bits per heavy atom. The van der Waals surface area contributed by atoms with Crippen LogP contribution >= 0.6 is 0 Å². The number of benzene rings is 2. The molecule has 21 heavy (non-hydrogen) atoms. The Kier molecular flexibility index (Phi) is 4.95. The van der Waals surface area contributed by atoms with E-state index in [1.54, 1.807) is 18.2 Å². The first kappa shape index (κ1) is 15.1. The molecule has 2 aromatic rings. The molecule has 0 aliphatic carbocycles. The zero-order valence-corrected chi connectivity index (χ0v) is 12.2. The maximum Gasteiger partial charge on any atom is 0.335 e. The molecule has 0 aliphatic rings. The highest BCUT2D eigenvalue weighted by atomic mass is 16.5. The molecule has 0 bridgehead atoms. The van der Waals surface area contributed by atoms with Crippen LogP contribution in [0.3, 0.4) is 0 Å². The smallest absolute Gasteiger partial charge is 0.335 e. The number of carboxylic acid groups (broad SMARTS) is 1. The molecule has 0 saturated carbocycles. The van der Waals surface area contributed by atoms with E-state index in [4.69, 9.17) is 9.84 Å². The maximum absolute atomic E-state index is 11.1. The van der Waals surface area contributed by atoms with Crippen LogP contribution in [0.15, 0.2) is 48.5 Å². The summed E-state index contributed by atoms with van der Waals surface area (Å²) < 4.78 is 5.79. The van der Waals surface area contributed by atoms with Gasteiger partial charge in [-0.05, 0) is 37.9 Å². The lowest BCUT2D eigenvalue weighted by atomic mass is 10.0. The molecule has 0 amide bonds. The molecule has 4 heteroatoms. The van der Waals surface area contributed by atoms with Crippen molar-refractivity contribution < 1.29 is 14.6 Å². The minimum atomic E-state index is -0.952. The number of rotatable bonds is 6. The summed E-state index contributed by atoms with van der Waals surface area (Å²) in [5, 5.41) is 9.12. The summed E-state index contributed by atoms with van der Waals surface area (Å²) in [6.07, 6.45) is 0. The van der Waals surface area contributed by atoms with Gasteiger partial charge >= 0.3 is 5.97 Å². The Labute approximate surface area is 124 Å². The Morgan fingerprint density at radius 3 is 2.48 bits per heavy atom. The van der Waals surface area contributed by atoms with Gasteiger partial charge in [0.1, 0.15) is 12.4 Å². The topological polar surface area (TPSA) is 49.8 Å². The van der Waals surface area contributed by atoms with Gasteiger partial charge < -0.3 is 14.7 Å². The quantitative estimate of drug-likeness (QED) is 0.886. The minimum absolute atomic E-state index is 0.231. The second-order valence-electron chi connectivity index (χ2n) is 5.03. The van der Waals surface area contributed by atoms with Crippen molar-refractivity contribution in [3.8, 4) is 16.9 Å². The molecule has 0 fully saturated rings. The average molecular weight is 285 g/mol. The standard InChI is InChI=1S/C17H19NO3/c1-18(2)10-11-21-16-12-14(17(19)20)8-9-15(16)13-6-4-3-5-7-13/h3-9,12H,10-11H2,1-2H3,(H,19,20). The minimum Gasteiger partial charge on any atom is -0.492 e. The molecule has 0 aliphatic heterocycles. The van der Waals surface area contributed by atoms with Gasteiger partial charge in [0.15, 0.2) is 0 Å². The van der Waals surface area contributed by atoms with E-state index in [0.29, 0.717) is 12.4 Å². The molecule has 110 valence electrons. The van der Waals surface area contributed by atoms with Crippen LogP contribution in [0, 0.1) is 0 Å². The molecule has 1 N–H and O–H groups in total. The van der Waals surface area contributed by atoms with E-state index >= 15 is 0 Å². The molecule has 0 aromatic heterocycles. The third kappa shape index (κ3) is 4.07. The van der Waals surface area contributed by atoms with Crippen LogP contribution in [-0.2, 0) is 0 Å². The van der Waals surface area contributed by atoms with Gasteiger partial charge in [-0.15, -0.1) is 0 Å². The van der Waals surface area contributed by atoms with Crippen LogP contribution in [0.25, 0.3) is 11.1 Å². The molecule has 2 rings (SSSR count). The summed E-state index contributed by atoms with van der Waals surface area (Å²) in [4.78, 5) is 13.1. The van der Waals surface area contributed by atoms with E-state index in [2.05, 4.69) is 0 Å². The van der Waals surface area contributed by atoms with E-state index in [1.807, 2.05) is 49.3 Å². The molecular formula is C17H19NO3. The SMILES string of the molecule is CN(C)CCOc1cc(C(=O)O)ccc1-c1ccccc1. The fourth-order valence-electron chi connectivity index (χ4n) is 1.97. The molecule has 0 unspecified atom stereocenters. The number of ether oxygens (including phenoxy) is 1. The van der Waals surface area contributed by atoms with Crippen LogP contribution in [0.2, 0.25) is 0 Å². The summed E-state index contributed by atoms with van der Waals surface area (Å²) in [6.45, 7) is 1.28. The van der Waals surface area contributed by atoms with Crippen molar-refractivity contribution in [3.63, 3.8) is 0 Å². The van der Waals surface area contributed by atoms with Crippen LogP contribution in [-0.4, -0.2) is 43.2 Å². The molecule has 0 saturated heterocycles. The first-order chi connectivity index (χ1) is 10.1. The van der Waals surface area contributed by atoms with E-state index in [9.17, 15) is 4.79 Å². The molecule has 4 nitrogen and oxygen atoms in total. The van der Waals surface area contributed by atoms with E-state index < -0.39 is 5.97 Å². The Hall–Kier alpha value is -2.33. The van der Waals surface area contributed by atoms with E-state index in [-0.39, 0.29) is 5.56 Å². The monoisotopic (exact) mass is 285 g/mol. The van der Waals surface area contributed by atoms with Gasteiger partial charge in [0.25, 0.3) is 0 Å². The number of hydrogen-bond donors (Lipinski definition) is 1. The summed E-state index contributed by atoms with van der Waals surface area (Å²) in [6, 6.07) is 14.8. The first-order valence-electron chi connectivity index (χ1n) is 6.78. The lowest BCUT2D eigenvalue weighted by molar-refractivity contribution is 0.0696. The molecule has 0 spiro atoms. The summed E-state index contributed by atoms with van der Waals surface area (Å²) >= 11 is 0. The van der Waals surface area contributed by atoms with Crippen molar-refractivity contribution in [2.75, 3.05) is 27.2 Å². The van der Waals surface area contributed by atoms with Crippen molar-refractivity contribution in [2.45, 2.75) is 0 Å². The normalized spacial score (nSPS) is 10.6. The highest BCUT2D eigenvalue weighted by Gasteiger charge is 2.11. The van der Waals surface area contributed by atoms with Gasteiger partial charge in [-0.2, -0.15) is 0 Å². The average Bonchev–Trinajstić information content (AvgIpc) is 2.47. The molecule has 0 radical (unpaired) electrons. The fourth-order valence-corrected chi connectivity index (χ4v) is 1.97. The van der Waals surface area contributed by atoms with E-state index in [1.165, 1.54) is 0 Å². The zero-order chi connectivity index (χ0) is 15.2. The van der Waals surface area contributed by atoms with Crippen LogP contribution in [0.4, 0.5) is 0 Å². The van der Waals surface area contributed by atoms with Crippen molar-refractivity contribution in [2.24, 2.45) is 0 Å². The third-order valence-corrected chi connectivity index (χ3v) is 3.11. The number of hydrogen-bond acceptors (Lipinski definition) is 3. The lowest BCUT2D eigenvalue weighted by Crippen LogP contribution is -2.19. The largest absolute Gasteiger partial charge is 0.492 e. The molecule has 0 heterocycles. The number of carbonyl (C=O) groups is 1. The van der Waals surface area contributed by atoms with Crippen LogP contribution in [0.1, 0.15) is 10.4 Å². The second-order valence-corrected chi connectivity index (χ2v) is 5.03. The van der Waals surface area contributed by atoms with Gasteiger partial charge in [-0.25, -0.2) is 4.79 Å². The van der Waals surface area contributed by atoms with Crippen molar-refractivity contribution >= 4 is 5.97 Å². The highest BCUT2D eigenvalue weighted by molar-refractivity contribution is 5.89.